The zero-order chi connectivity index (χ0) is 33.9. The molecular weight excluding hydrogens is 600 g/mol. The molecule has 3 heterocycles. The molecule has 1 amide bonds. The summed E-state index contributed by atoms with van der Waals surface area (Å²) in [5.74, 6) is 1.39. The van der Waals surface area contributed by atoms with Crippen LogP contribution in [-0.4, -0.2) is 57.6 Å². The number of aliphatic carboxylic acids is 1. The maximum atomic E-state index is 13.2. The van der Waals surface area contributed by atoms with E-state index in [1.54, 1.807) is 0 Å². The fraction of sp³-hybridized carbons (Fsp3) is 0.718. The minimum absolute atomic E-state index is 0.0588. The third kappa shape index (κ3) is 6.67. The maximum absolute atomic E-state index is 13.2. The summed E-state index contributed by atoms with van der Waals surface area (Å²) < 4.78 is 0. The predicted octanol–water partition coefficient (Wildman–Crippen LogP) is 6.90. The van der Waals surface area contributed by atoms with Crippen molar-refractivity contribution in [3.8, 4) is 0 Å². The molecule has 1 atom stereocenters. The largest absolute Gasteiger partial charge is 0.480 e. The minimum atomic E-state index is -1.04. The molecule has 0 aromatic carbocycles. The van der Waals surface area contributed by atoms with E-state index < -0.39 is 12.0 Å². The molecule has 4 bridgehead atoms. The molecule has 2 aromatic rings. The highest BCUT2D eigenvalue weighted by Gasteiger charge is 2.63. The van der Waals surface area contributed by atoms with Crippen molar-refractivity contribution in [3.63, 3.8) is 0 Å². The number of nitrogens with zero attached hydrogens (tertiary/aromatic N) is 4. The first-order valence-electron chi connectivity index (χ1n) is 18.6. The summed E-state index contributed by atoms with van der Waals surface area (Å²) >= 11 is 0. The van der Waals surface area contributed by atoms with Crippen molar-refractivity contribution < 1.29 is 14.7 Å². The van der Waals surface area contributed by atoms with Crippen molar-refractivity contribution >= 4 is 23.5 Å². The molecule has 5 fully saturated rings. The highest BCUT2D eigenvalue weighted by Crippen LogP contribution is 2.74. The van der Waals surface area contributed by atoms with E-state index in [1.165, 1.54) is 68.3 Å². The van der Waals surface area contributed by atoms with E-state index in [2.05, 4.69) is 53.4 Å². The number of fused-ring (bicyclic) bond motifs is 1. The molecule has 2 aromatic heterocycles. The van der Waals surface area contributed by atoms with Gasteiger partial charge in [0.1, 0.15) is 23.5 Å². The molecule has 0 radical (unpaired) electrons. The van der Waals surface area contributed by atoms with Gasteiger partial charge in [0, 0.05) is 48.9 Å². The highest BCUT2D eigenvalue weighted by atomic mass is 16.4. The van der Waals surface area contributed by atoms with Crippen LogP contribution < -0.4 is 15.5 Å². The van der Waals surface area contributed by atoms with Crippen LogP contribution in [0.3, 0.4) is 0 Å². The lowest BCUT2D eigenvalue weighted by molar-refractivity contribution is -0.186. The topological polar surface area (TPSA) is 120 Å². The highest BCUT2D eigenvalue weighted by molar-refractivity contribution is 5.84. The number of piperidine rings is 1. The number of hydrogen-bond donors (Lipinski definition) is 3. The van der Waals surface area contributed by atoms with Gasteiger partial charge in [-0.3, -0.25) is 9.78 Å². The first-order chi connectivity index (χ1) is 22.7. The number of hydrogen-bond acceptors (Lipinski definition) is 7. The molecule has 0 spiro atoms. The Bertz CT molecular complexity index is 1530. The first kappa shape index (κ1) is 33.3. The Kier molecular flexibility index (Phi) is 8.51. The molecule has 260 valence electrons. The Hall–Kier alpha value is -3.23. The number of carboxylic acids is 1. The predicted molar refractivity (Wildman–Crippen MR) is 188 cm³/mol. The summed E-state index contributed by atoms with van der Waals surface area (Å²) in [6.45, 7) is 13.1. The number of aryl methyl sites for hydroxylation is 3. The van der Waals surface area contributed by atoms with E-state index in [1.807, 2.05) is 13.8 Å². The second kappa shape index (κ2) is 12.3. The molecule has 6 aliphatic rings. The first-order valence-corrected chi connectivity index (χ1v) is 18.6. The lowest BCUT2D eigenvalue weighted by Crippen LogP contribution is -2.58. The van der Waals surface area contributed by atoms with E-state index in [0.717, 1.165) is 56.6 Å². The smallest absolute Gasteiger partial charge is 0.328 e. The van der Waals surface area contributed by atoms with Crippen LogP contribution in [0.15, 0.2) is 12.1 Å². The molecule has 1 saturated heterocycles. The number of amides is 1. The summed E-state index contributed by atoms with van der Waals surface area (Å²) in [4.78, 5) is 42.4. The number of carboxylic acid groups (broad SMARTS) is 1. The third-order valence-electron chi connectivity index (χ3n) is 12.6. The van der Waals surface area contributed by atoms with Gasteiger partial charge in [-0.05, 0) is 131 Å². The fourth-order valence-corrected chi connectivity index (χ4v) is 12.2. The van der Waals surface area contributed by atoms with Crippen LogP contribution in [-0.2, 0) is 22.4 Å². The SMILES string of the molecule is Cc1nc(NC[C@H](NC(=O)CCC23CC4(C)CC(C)(CC(C)(C4)C2)C3)C(=O)O)c(C)c(N2CCC(c3ccc4c(n3)CCCC4)CC2)n1. The Morgan fingerprint density at radius 1 is 0.917 bits per heavy atom. The van der Waals surface area contributed by atoms with Crippen molar-refractivity contribution in [3.05, 3.63) is 40.5 Å². The number of aromatic nitrogens is 3. The minimum Gasteiger partial charge on any atom is -0.480 e. The van der Waals surface area contributed by atoms with Crippen LogP contribution in [0, 0.1) is 35.5 Å². The van der Waals surface area contributed by atoms with E-state index in [9.17, 15) is 14.7 Å². The van der Waals surface area contributed by atoms with Gasteiger partial charge >= 0.3 is 5.97 Å². The van der Waals surface area contributed by atoms with Gasteiger partial charge in [0.15, 0.2) is 0 Å². The van der Waals surface area contributed by atoms with Gasteiger partial charge in [-0.25, -0.2) is 14.8 Å². The fourth-order valence-electron chi connectivity index (χ4n) is 12.2. The van der Waals surface area contributed by atoms with Gasteiger partial charge < -0.3 is 20.6 Å². The average Bonchev–Trinajstić information content (AvgIpc) is 3.01. The lowest BCUT2D eigenvalue weighted by atomic mass is 9.36. The second-order valence-electron chi connectivity index (χ2n) is 17.7. The summed E-state index contributed by atoms with van der Waals surface area (Å²) in [5.41, 5.74) is 6.14. The molecule has 4 saturated carbocycles. The summed E-state index contributed by atoms with van der Waals surface area (Å²) in [6, 6.07) is 3.50. The lowest BCUT2D eigenvalue weighted by Gasteiger charge is -2.69. The molecule has 8 rings (SSSR count). The Labute approximate surface area is 286 Å². The number of carbonyl (C=O) groups is 2. The van der Waals surface area contributed by atoms with E-state index in [-0.39, 0.29) is 17.9 Å². The Balaban J connectivity index is 0.953. The molecule has 3 N–H and O–H groups in total. The van der Waals surface area contributed by atoms with Gasteiger partial charge in [-0.1, -0.05) is 26.8 Å². The molecular formula is C39H56N6O3. The van der Waals surface area contributed by atoms with Crippen LogP contribution >= 0.6 is 0 Å². The van der Waals surface area contributed by atoms with Crippen LogP contribution in [0.2, 0.25) is 0 Å². The van der Waals surface area contributed by atoms with Crippen LogP contribution in [0.1, 0.15) is 132 Å². The number of anilines is 2. The van der Waals surface area contributed by atoms with E-state index >= 15 is 0 Å². The molecule has 1 aliphatic heterocycles. The van der Waals surface area contributed by atoms with Crippen molar-refractivity contribution in [2.75, 3.05) is 29.9 Å². The Morgan fingerprint density at radius 3 is 2.21 bits per heavy atom. The van der Waals surface area contributed by atoms with Gasteiger partial charge in [-0.2, -0.15) is 0 Å². The van der Waals surface area contributed by atoms with Crippen molar-refractivity contribution in [1.29, 1.82) is 0 Å². The van der Waals surface area contributed by atoms with Gasteiger partial charge in [0.2, 0.25) is 5.91 Å². The monoisotopic (exact) mass is 656 g/mol. The summed E-state index contributed by atoms with van der Waals surface area (Å²) in [6.07, 6.45) is 15.5. The third-order valence-corrected chi connectivity index (χ3v) is 12.6. The maximum Gasteiger partial charge on any atom is 0.328 e. The van der Waals surface area contributed by atoms with Gasteiger partial charge in [-0.15, -0.1) is 0 Å². The zero-order valence-corrected chi connectivity index (χ0v) is 29.9. The molecule has 0 unspecified atom stereocenters. The number of rotatable bonds is 10. The average molecular weight is 657 g/mol. The molecule has 5 aliphatic carbocycles. The zero-order valence-electron chi connectivity index (χ0n) is 29.9. The molecule has 9 nitrogen and oxygen atoms in total. The van der Waals surface area contributed by atoms with Crippen molar-refractivity contribution in [1.82, 2.24) is 20.3 Å². The van der Waals surface area contributed by atoms with Crippen LogP contribution in [0.5, 0.6) is 0 Å². The number of carbonyl (C=O) groups excluding carboxylic acids is 1. The van der Waals surface area contributed by atoms with E-state index in [4.69, 9.17) is 9.97 Å². The molecule has 48 heavy (non-hydrogen) atoms. The summed E-state index contributed by atoms with van der Waals surface area (Å²) in [7, 11) is 0. The van der Waals surface area contributed by atoms with E-state index in [0.29, 0.717) is 40.2 Å². The van der Waals surface area contributed by atoms with Crippen LogP contribution in [0.25, 0.3) is 0 Å². The standard InChI is InChI=1S/C39H56N6O3/c1-25-33(41-26(2)42-34(25)45-16-13-28(14-17-45)30-11-10-27-8-6-7-9-29(27)43-30)40-18-31(35(47)48)44-32(46)12-15-39-22-36(3)19-37(4,23-39)21-38(5,20-36)24-39/h10-11,28,31H,6-9,12-24H2,1-5H3,(H,44,46)(H,47,48)(H,40,41,42)/t31-,36?,37?,38?,39?/m0/s1. The van der Waals surface area contributed by atoms with Gasteiger partial charge in [0.05, 0.1) is 0 Å². The summed E-state index contributed by atoms with van der Waals surface area (Å²) in [5, 5.41) is 16.2. The normalized spacial score (nSPS) is 31.7. The number of pyridine rings is 1. The van der Waals surface area contributed by atoms with Crippen molar-refractivity contribution in [2.24, 2.45) is 21.7 Å². The van der Waals surface area contributed by atoms with Crippen molar-refractivity contribution in [2.45, 2.75) is 136 Å². The number of nitrogens with one attached hydrogen (secondary N) is 2. The van der Waals surface area contributed by atoms with Crippen LogP contribution in [0.4, 0.5) is 11.6 Å². The Morgan fingerprint density at radius 2 is 1.56 bits per heavy atom. The van der Waals surface area contributed by atoms with Gasteiger partial charge in [0.25, 0.3) is 0 Å². The molecule has 9 heteroatoms. The second-order valence-corrected chi connectivity index (χ2v) is 17.7. The quantitative estimate of drug-likeness (QED) is 0.253.